The molecule has 4 N–H and O–H groups in total. The van der Waals surface area contributed by atoms with Crippen LogP contribution >= 0.6 is 23.2 Å². The number of likely N-dealkylation sites (tertiary alicyclic amines) is 2. The zero-order chi connectivity index (χ0) is 41.4. The maximum atomic E-state index is 14.1. The summed E-state index contributed by atoms with van der Waals surface area (Å²) in [5, 5.41) is 10.5. The summed E-state index contributed by atoms with van der Waals surface area (Å²) >= 11 is 12.5. The molecule has 2 unspecified atom stereocenters. The van der Waals surface area contributed by atoms with E-state index in [2.05, 4.69) is 30.5 Å². The lowest BCUT2D eigenvalue weighted by atomic mass is 9.99. The number of hydrogen-bond donors (Lipinski definition) is 3. The van der Waals surface area contributed by atoms with Crippen molar-refractivity contribution in [3.05, 3.63) is 87.5 Å². The Morgan fingerprint density at radius 2 is 1.75 bits per heavy atom. The number of nitrogens with two attached hydrogens (primary N) is 1. The number of aromatic nitrogens is 3. The number of rotatable bonds is 14. The van der Waals surface area contributed by atoms with Gasteiger partial charge in [0.15, 0.2) is 11.6 Å². The Labute approximate surface area is 351 Å². The molecule has 0 saturated carbocycles. The molecule has 17 heteroatoms. The van der Waals surface area contributed by atoms with E-state index in [0.29, 0.717) is 46.1 Å². The Bertz CT molecular complexity index is 2280. The highest BCUT2D eigenvalue weighted by Gasteiger charge is 2.45. The Balaban J connectivity index is 0.743. The van der Waals surface area contributed by atoms with Crippen LogP contribution in [0.1, 0.15) is 83.9 Å². The fraction of sp³-hybridized carbons (Fsp3) is 0.429. The first kappa shape index (κ1) is 40.7. The number of carbonyl (C=O) groups excluding carboxylic acids is 4. The van der Waals surface area contributed by atoms with Crippen LogP contribution in [0.15, 0.2) is 55.0 Å². The van der Waals surface area contributed by atoms with Crippen molar-refractivity contribution in [2.75, 3.05) is 56.9 Å². The summed E-state index contributed by atoms with van der Waals surface area (Å²) < 4.78 is 22.3. The average molecular weight is 847 g/mol. The molecule has 0 bridgehead atoms. The highest BCUT2D eigenvalue weighted by Crippen LogP contribution is 2.38. The summed E-state index contributed by atoms with van der Waals surface area (Å²) in [4.78, 5) is 60.9. The lowest BCUT2D eigenvalue weighted by Gasteiger charge is -2.40. The third-order valence-electron chi connectivity index (χ3n) is 11.8. The third-order valence-corrected chi connectivity index (χ3v) is 12.5. The monoisotopic (exact) mass is 845 g/mol. The molecule has 59 heavy (non-hydrogen) atoms. The first-order valence-electron chi connectivity index (χ1n) is 20.1. The van der Waals surface area contributed by atoms with Gasteiger partial charge < -0.3 is 25.6 Å². The van der Waals surface area contributed by atoms with Crippen LogP contribution in [0.25, 0.3) is 11.1 Å². The maximum absolute atomic E-state index is 14.1. The van der Waals surface area contributed by atoms with Gasteiger partial charge in [-0.3, -0.25) is 34.1 Å². The van der Waals surface area contributed by atoms with Gasteiger partial charge >= 0.3 is 0 Å². The molecule has 6 heterocycles. The molecule has 2 atom stereocenters. The van der Waals surface area contributed by atoms with E-state index in [-0.39, 0.29) is 29.2 Å². The molecule has 4 aliphatic heterocycles. The van der Waals surface area contributed by atoms with Crippen LogP contribution in [0, 0.1) is 11.7 Å². The summed E-state index contributed by atoms with van der Waals surface area (Å²) in [5.41, 5.74) is 9.33. The second-order valence-electron chi connectivity index (χ2n) is 15.8. The van der Waals surface area contributed by atoms with Crippen LogP contribution < -0.4 is 21.1 Å². The van der Waals surface area contributed by atoms with Crippen molar-refractivity contribution in [1.82, 2.24) is 34.8 Å². The minimum absolute atomic E-state index is 0.0859. The normalized spacial score (nSPS) is 19.8. The number of imide groups is 2. The molecule has 3 saturated heterocycles. The van der Waals surface area contributed by atoms with Crippen LogP contribution in [0.3, 0.4) is 0 Å². The van der Waals surface area contributed by atoms with Gasteiger partial charge in [-0.1, -0.05) is 29.3 Å². The Kier molecular flexibility index (Phi) is 11.9. The predicted octanol–water partition coefficient (Wildman–Crippen LogP) is 5.98. The van der Waals surface area contributed by atoms with Crippen molar-refractivity contribution >= 4 is 58.3 Å². The Hall–Kier alpha value is -5.09. The quantitative estimate of drug-likeness (QED) is 0.0777. The van der Waals surface area contributed by atoms with E-state index < -0.39 is 41.6 Å². The molecule has 0 aliphatic carbocycles. The van der Waals surface area contributed by atoms with Crippen molar-refractivity contribution in [3.8, 4) is 16.9 Å². The number of amides is 4. The molecule has 4 amide bonds. The number of benzene rings is 2. The lowest BCUT2D eigenvalue weighted by Crippen LogP contribution is -2.54. The van der Waals surface area contributed by atoms with Crippen LogP contribution in [0.4, 0.5) is 15.9 Å². The second-order valence-corrected chi connectivity index (χ2v) is 16.6. The topological polar surface area (TPSA) is 168 Å². The number of fused-ring (bicyclic) bond motifs is 1. The zero-order valence-corrected chi connectivity index (χ0v) is 34.1. The highest BCUT2D eigenvalue weighted by atomic mass is 35.5. The molecule has 2 aromatic heterocycles. The number of piperidine rings is 2. The largest absolute Gasteiger partial charge is 0.482 e. The number of halogens is 3. The first-order valence-corrected chi connectivity index (χ1v) is 20.8. The standard InChI is InChI=1S/C42H46Cl2FN9O5/c1-24(36-30(43)7-8-31(45)38(36)44)59-34-17-26(19-48-39(34)46)27-20-49-53(23-27)28-11-15-51(16-12-28)13-2-3-14-52-21-25(22-52)18-47-32-6-4-5-29-37(32)42(58)54(41(29)57)33-9-10-35(55)50-40(33)56/h4-8,17,19-20,23-25,28,33,47H,2-3,9-16,18,21-22H2,1H3,(H2,46,48)(H,50,55,56). The van der Waals surface area contributed by atoms with Gasteiger partial charge in [-0.15, -0.1) is 0 Å². The average Bonchev–Trinajstić information content (AvgIpc) is 3.79. The Morgan fingerprint density at radius 1 is 0.983 bits per heavy atom. The predicted molar refractivity (Wildman–Crippen MR) is 221 cm³/mol. The number of nitrogens with one attached hydrogen (secondary N) is 2. The van der Waals surface area contributed by atoms with Gasteiger partial charge in [0.1, 0.15) is 18.0 Å². The molecule has 3 fully saturated rings. The van der Waals surface area contributed by atoms with E-state index in [1.165, 1.54) is 12.1 Å². The molecule has 0 radical (unpaired) electrons. The van der Waals surface area contributed by atoms with E-state index >= 15 is 0 Å². The van der Waals surface area contributed by atoms with E-state index in [0.717, 1.165) is 81.0 Å². The van der Waals surface area contributed by atoms with Gasteiger partial charge in [-0.05, 0) is 82.4 Å². The summed E-state index contributed by atoms with van der Waals surface area (Å²) in [5.74, 6) is -1.63. The number of hydrogen-bond acceptors (Lipinski definition) is 11. The van der Waals surface area contributed by atoms with Gasteiger partial charge in [0.25, 0.3) is 11.8 Å². The van der Waals surface area contributed by atoms with E-state index in [1.54, 1.807) is 37.4 Å². The van der Waals surface area contributed by atoms with Crippen LogP contribution in [0.2, 0.25) is 10.0 Å². The summed E-state index contributed by atoms with van der Waals surface area (Å²) in [7, 11) is 0. The van der Waals surface area contributed by atoms with Gasteiger partial charge in [0.2, 0.25) is 11.8 Å². The number of carbonyl (C=O) groups is 4. The third kappa shape index (κ3) is 8.51. The van der Waals surface area contributed by atoms with Gasteiger partial charge in [-0.25, -0.2) is 9.37 Å². The summed E-state index contributed by atoms with van der Waals surface area (Å²) in [6.45, 7) is 8.44. The smallest absolute Gasteiger partial charge is 0.264 e. The molecule has 310 valence electrons. The van der Waals surface area contributed by atoms with Gasteiger partial charge in [0.05, 0.1) is 28.4 Å². The fourth-order valence-electron chi connectivity index (χ4n) is 8.54. The van der Waals surface area contributed by atoms with Crippen molar-refractivity contribution in [1.29, 1.82) is 0 Å². The second kappa shape index (κ2) is 17.3. The van der Waals surface area contributed by atoms with Crippen LogP contribution in [0.5, 0.6) is 5.75 Å². The maximum Gasteiger partial charge on any atom is 0.264 e. The number of ether oxygens (including phenoxy) is 1. The minimum Gasteiger partial charge on any atom is -0.482 e. The number of nitrogen functional groups attached to an aromatic ring is 1. The lowest BCUT2D eigenvalue weighted by molar-refractivity contribution is -0.136. The van der Waals surface area contributed by atoms with Crippen molar-refractivity contribution in [2.24, 2.45) is 5.92 Å². The van der Waals surface area contributed by atoms with Crippen molar-refractivity contribution in [2.45, 2.75) is 63.6 Å². The number of anilines is 2. The summed E-state index contributed by atoms with van der Waals surface area (Å²) in [6.07, 6.45) is 9.31. The molecule has 0 spiro atoms. The molecular formula is C42H46Cl2FN9O5. The van der Waals surface area contributed by atoms with Crippen LogP contribution in [-0.4, -0.2) is 105 Å². The first-order chi connectivity index (χ1) is 28.4. The molecule has 14 nitrogen and oxygen atoms in total. The summed E-state index contributed by atoms with van der Waals surface area (Å²) in [6, 6.07) is 8.91. The number of pyridine rings is 1. The SMILES string of the molecule is CC(Oc1cc(-c2cnn(C3CCN(CCCCN4CC(CNc5cccc6c5C(=O)N(C5CCC(=O)NC5=O)C6=O)C4)CC3)c2)cnc1N)c1c(Cl)ccc(F)c1Cl. The molecule has 4 aromatic rings. The van der Waals surface area contributed by atoms with E-state index in [1.807, 2.05) is 17.1 Å². The molecule has 4 aliphatic rings. The van der Waals surface area contributed by atoms with Crippen molar-refractivity contribution in [3.63, 3.8) is 0 Å². The van der Waals surface area contributed by atoms with Gasteiger partial charge in [0, 0.05) is 84.9 Å². The number of unbranched alkanes of at least 4 members (excludes halogenated alkanes) is 1. The highest BCUT2D eigenvalue weighted by molar-refractivity contribution is 6.36. The fourth-order valence-corrected chi connectivity index (χ4v) is 9.22. The van der Waals surface area contributed by atoms with E-state index in [9.17, 15) is 23.6 Å². The molecule has 2 aromatic carbocycles. The molecular weight excluding hydrogens is 800 g/mol. The molecule has 8 rings (SSSR count). The number of nitrogens with zero attached hydrogens (tertiary/aromatic N) is 6. The van der Waals surface area contributed by atoms with E-state index in [4.69, 9.17) is 33.7 Å². The van der Waals surface area contributed by atoms with Gasteiger partial charge in [-0.2, -0.15) is 5.10 Å². The van der Waals surface area contributed by atoms with Crippen LogP contribution in [-0.2, 0) is 9.59 Å². The van der Waals surface area contributed by atoms with Crippen molar-refractivity contribution < 1.29 is 28.3 Å². The Morgan fingerprint density at radius 3 is 2.51 bits per heavy atom. The zero-order valence-electron chi connectivity index (χ0n) is 32.6. The minimum atomic E-state index is -0.984.